The van der Waals surface area contributed by atoms with Crippen molar-refractivity contribution in [2.75, 3.05) is 7.11 Å². The van der Waals surface area contributed by atoms with Gasteiger partial charge in [0.05, 0.1) is 18.1 Å². The zero-order chi connectivity index (χ0) is 19.6. The van der Waals surface area contributed by atoms with Crippen LogP contribution in [0.15, 0.2) is 39.9 Å². The molecule has 0 bridgehead atoms. The SMILES string of the molecule is COC(=O)c1oc(CO/N=C(\C)c2nc3ccccc3n2C(F)F)cc1C. The number of carbonyl (C=O) groups excluding carboxylic acids is 1. The molecule has 0 saturated heterocycles. The number of oxime groups is 1. The van der Waals surface area contributed by atoms with Gasteiger partial charge in [-0.05, 0) is 32.0 Å². The second kappa shape index (κ2) is 7.56. The van der Waals surface area contributed by atoms with Crippen LogP contribution in [-0.4, -0.2) is 28.3 Å². The average Bonchev–Trinajstić information content (AvgIpc) is 3.21. The highest BCUT2D eigenvalue weighted by Crippen LogP contribution is 2.23. The molecule has 1 aromatic carbocycles. The molecule has 142 valence electrons. The third-order valence-electron chi connectivity index (χ3n) is 3.86. The second-order valence-corrected chi connectivity index (χ2v) is 5.74. The Balaban J connectivity index is 1.80. The van der Waals surface area contributed by atoms with E-state index in [1.54, 1.807) is 37.3 Å². The molecule has 0 fully saturated rings. The summed E-state index contributed by atoms with van der Waals surface area (Å²) in [6, 6.07) is 8.20. The number of nitrogens with zero attached hydrogens (tertiary/aromatic N) is 3. The molecular weight excluding hydrogens is 360 g/mol. The number of aryl methyl sites for hydroxylation is 1. The lowest BCUT2D eigenvalue weighted by atomic mass is 10.3. The van der Waals surface area contributed by atoms with E-state index in [1.165, 1.54) is 14.0 Å². The summed E-state index contributed by atoms with van der Waals surface area (Å²) >= 11 is 0. The first-order valence-electron chi connectivity index (χ1n) is 8.02. The van der Waals surface area contributed by atoms with Crippen molar-refractivity contribution in [2.45, 2.75) is 27.0 Å². The number of furan rings is 1. The summed E-state index contributed by atoms with van der Waals surface area (Å²) in [6.45, 7) is 0.365. The van der Waals surface area contributed by atoms with Gasteiger partial charge in [0.15, 0.2) is 12.4 Å². The van der Waals surface area contributed by atoms with Gasteiger partial charge in [-0.25, -0.2) is 9.78 Å². The van der Waals surface area contributed by atoms with Gasteiger partial charge in [-0.1, -0.05) is 17.3 Å². The standard InChI is InChI=1S/C18H17F2N3O4/c1-10-8-12(27-15(10)17(24)25-3)9-26-22-11(2)16-21-13-6-4-5-7-14(13)23(16)18(19)20/h4-8,18H,9H2,1-3H3/b22-11+. The molecule has 0 spiro atoms. The van der Waals surface area contributed by atoms with Gasteiger partial charge in [0.1, 0.15) is 11.5 Å². The van der Waals surface area contributed by atoms with Crippen LogP contribution in [-0.2, 0) is 16.2 Å². The Bertz CT molecular complexity index is 1010. The fourth-order valence-electron chi connectivity index (χ4n) is 2.65. The molecule has 0 aliphatic carbocycles. The van der Waals surface area contributed by atoms with Crippen molar-refractivity contribution in [2.24, 2.45) is 5.16 Å². The molecule has 3 rings (SSSR count). The van der Waals surface area contributed by atoms with Crippen molar-refractivity contribution in [3.05, 3.63) is 53.2 Å². The number of halogens is 2. The lowest BCUT2D eigenvalue weighted by molar-refractivity contribution is 0.0552. The Kier molecular flexibility index (Phi) is 5.20. The van der Waals surface area contributed by atoms with E-state index < -0.39 is 12.5 Å². The maximum atomic E-state index is 13.5. The van der Waals surface area contributed by atoms with Crippen molar-refractivity contribution in [3.63, 3.8) is 0 Å². The number of esters is 1. The van der Waals surface area contributed by atoms with Gasteiger partial charge in [-0.2, -0.15) is 8.78 Å². The number of aromatic nitrogens is 2. The quantitative estimate of drug-likeness (QED) is 0.368. The molecule has 0 aliphatic rings. The minimum atomic E-state index is -2.77. The molecule has 7 nitrogen and oxygen atoms in total. The van der Waals surface area contributed by atoms with Gasteiger partial charge in [0, 0.05) is 5.56 Å². The van der Waals surface area contributed by atoms with Crippen molar-refractivity contribution < 1.29 is 27.6 Å². The van der Waals surface area contributed by atoms with Crippen LogP contribution in [0.4, 0.5) is 8.78 Å². The largest absolute Gasteiger partial charge is 0.463 e. The van der Waals surface area contributed by atoms with Crippen LogP contribution in [0.3, 0.4) is 0 Å². The number of fused-ring (bicyclic) bond motifs is 1. The number of alkyl halides is 2. The van der Waals surface area contributed by atoms with Crippen molar-refractivity contribution >= 4 is 22.7 Å². The van der Waals surface area contributed by atoms with E-state index in [0.29, 0.717) is 22.4 Å². The molecule has 0 atom stereocenters. The fourth-order valence-corrected chi connectivity index (χ4v) is 2.65. The highest BCUT2D eigenvalue weighted by Gasteiger charge is 2.20. The Labute approximate surface area is 153 Å². The number of hydrogen-bond donors (Lipinski definition) is 0. The number of benzene rings is 1. The smallest absolute Gasteiger partial charge is 0.374 e. The number of hydrogen-bond acceptors (Lipinski definition) is 6. The Morgan fingerprint density at radius 2 is 2.11 bits per heavy atom. The Morgan fingerprint density at radius 3 is 2.81 bits per heavy atom. The van der Waals surface area contributed by atoms with Gasteiger partial charge in [-0.15, -0.1) is 0 Å². The van der Waals surface area contributed by atoms with E-state index in [1.807, 2.05) is 0 Å². The van der Waals surface area contributed by atoms with Crippen molar-refractivity contribution in [1.82, 2.24) is 9.55 Å². The summed E-state index contributed by atoms with van der Waals surface area (Å²) in [5.74, 6) is -0.149. The first kappa shape index (κ1) is 18.6. The van der Waals surface area contributed by atoms with Crippen LogP contribution in [0.5, 0.6) is 0 Å². The molecule has 0 aliphatic heterocycles. The van der Waals surface area contributed by atoms with E-state index in [2.05, 4.69) is 14.9 Å². The number of methoxy groups -OCH3 is 1. The number of para-hydroxylation sites is 2. The van der Waals surface area contributed by atoms with Gasteiger partial charge < -0.3 is 14.0 Å². The number of rotatable bonds is 6. The van der Waals surface area contributed by atoms with Crippen molar-refractivity contribution in [1.29, 1.82) is 0 Å². The van der Waals surface area contributed by atoms with Crippen LogP contribution in [0, 0.1) is 6.92 Å². The molecule has 3 aromatic rings. The monoisotopic (exact) mass is 377 g/mol. The normalized spacial score (nSPS) is 12.0. The first-order valence-corrected chi connectivity index (χ1v) is 8.02. The molecule has 2 aromatic heterocycles. The van der Waals surface area contributed by atoms with Crippen LogP contribution >= 0.6 is 0 Å². The molecule has 0 N–H and O–H groups in total. The fraction of sp³-hybridized carbons (Fsp3) is 0.278. The van der Waals surface area contributed by atoms with Crippen LogP contribution in [0.2, 0.25) is 0 Å². The highest BCUT2D eigenvalue weighted by atomic mass is 19.3. The first-order chi connectivity index (χ1) is 12.9. The van der Waals surface area contributed by atoms with Crippen LogP contribution in [0.1, 0.15) is 41.2 Å². The summed E-state index contributed by atoms with van der Waals surface area (Å²) in [4.78, 5) is 20.9. The number of ether oxygens (including phenoxy) is 1. The maximum absolute atomic E-state index is 13.5. The molecular formula is C18H17F2N3O4. The van der Waals surface area contributed by atoms with E-state index >= 15 is 0 Å². The summed E-state index contributed by atoms with van der Waals surface area (Å²) in [5, 5.41) is 3.86. The van der Waals surface area contributed by atoms with Crippen LogP contribution < -0.4 is 0 Å². The van der Waals surface area contributed by atoms with E-state index in [4.69, 9.17) is 9.25 Å². The topological polar surface area (TPSA) is 78.8 Å². The maximum Gasteiger partial charge on any atom is 0.374 e. The van der Waals surface area contributed by atoms with Crippen LogP contribution in [0.25, 0.3) is 11.0 Å². The average molecular weight is 377 g/mol. The summed E-state index contributed by atoms with van der Waals surface area (Å²) < 4.78 is 37.7. The summed E-state index contributed by atoms with van der Waals surface area (Å²) in [6.07, 6.45) is 0. The highest BCUT2D eigenvalue weighted by molar-refractivity contribution is 5.98. The van der Waals surface area contributed by atoms with E-state index in [-0.39, 0.29) is 23.9 Å². The second-order valence-electron chi connectivity index (χ2n) is 5.74. The molecule has 0 unspecified atom stereocenters. The zero-order valence-electron chi connectivity index (χ0n) is 14.9. The molecule has 0 amide bonds. The van der Waals surface area contributed by atoms with E-state index in [0.717, 1.165) is 4.57 Å². The molecule has 27 heavy (non-hydrogen) atoms. The lowest BCUT2D eigenvalue weighted by Crippen LogP contribution is -2.10. The van der Waals surface area contributed by atoms with Crippen molar-refractivity contribution in [3.8, 4) is 0 Å². The van der Waals surface area contributed by atoms with Gasteiger partial charge in [-0.3, -0.25) is 4.57 Å². The minimum absolute atomic E-state index is 0.0112. The van der Waals surface area contributed by atoms with Gasteiger partial charge >= 0.3 is 12.5 Å². The molecule has 2 heterocycles. The predicted octanol–water partition coefficient (Wildman–Crippen LogP) is 4.06. The van der Waals surface area contributed by atoms with E-state index in [9.17, 15) is 13.6 Å². The Morgan fingerprint density at radius 1 is 1.37 bits per heavy atom. The van der Waals surface area contributed by atoms with Gasteiger partial charge in [0.2, 0.25) is 5.76 Å². The molecule has 0 radical (unpaired) electrons. The lowest BCUT2D eigenvalue weighted by Gasteiger charge is -2.07. The molecule has 9 heteroatoms. The predicted molar refractivity (Wildman–Crippen MR) is 92.8 cm³/mol. The third kappa shape index (κ3) is 3.67. The summed E-state index contributed by atoms with van der Waals surface area (Å²) in [5.41, 5.74) is 1.52. The van der Waals surface area contributed by atoms with Gasteiger partial charge in [0.25, 0.3) is 0 Å². The number of carbonyl (C=O) groups is 1. The number of imidazole rings is 1. The summed E-state index contributed by atoms with van der Waals surface area (Å²) in [7, 11) is 1.25. The zero-order valence-corrected chi connectivity index (χ0v) is 14.9. The molecule has 0 saturated carbocycles. The minimum Gasteiger partial charge on any atom is -0.463 e. The third-order valence-corrected chi connectivity index (χ3v) is 3.86. The Hall–Kier alpha value is -3.23.